The molecule has 0 radical (unpaired) electrons. The Morgan fingerprint density at radius 3 is 2.29 bits per heavy atom. The molecule has 0 unspecified atom stereocenters. The van der Waals surface area contributed by atoms with Crippen LogP contribution in [0.4, 0.5) is 8.78 Å². The van der Waals surface area contributed by atoms with Gasteiger partial charge >= 0.3 is 0 Å². The van der Waals surface area contributed by atoms with Gasteiger partial charge < -0.3 is 0 Å². The molecule has 0 aromatic heterocycles. The Balaban J connectivity index is 2.52. The van der Waals surface area contributed by atoms with Crippen LogP contribution in [0.5, 0.6) is 0 Å². The van der Waals surface area contributed by atoms with Crippen LogP contribution >= 0.6 is 15.9 Å². The molecule has 2 aromatic rings. The molecule has 4 heteroatoms. The molecule has 0 bridgehead atoms. The first-order chi connectivity index (χ1) is 8.11. The van der Waals surface area contributed by atoms with Gasteiger partial charge in [0.15, 0.2) is 5.78 Å². The minimum Gasteiger partial charge on any atom is -0.288 e. The molecule has 0 atom stereocenters. The Bertz CT molecular complexity index is 581. The van der Waals surface area contributed by atoms with E-state index in [1.54, 1.807) is 0 Å². The number of rotatable bonds is 2. The largest absolute Gasteiger partial charge is 0.288 e. The molecule has 0 saturated heterocycles. The molecule has 0 amide bonds. The summed E-state index contributed by atoms with van der Waals surface area (Å²) in [7, 11) is 0. The van der Waals surface area contributed by atoms with Crippen molar-refractivity contribution >= 4 is 21.7 Å². The third-order valence-electron chi connectivity index (χ3n) is 2.31. The Kier molecular flexibility index (Phi) is 3.33. The van der Waals surface area contributed by atoms with Crippen LogP contribution in [0.2, 0.25) is 0 Å². The number of ketones is 1. The molecule has 0 saturated carbocycles. The van der Waals surface area contributed by atoms with Gasteiger partial charge in [-0.3, -0.25) is 4.79 Å². The number of hydrogen-bond donors (Lipinski definition) is 0. The van der Waals surface area contributed by atoms with Crippen LogP contribution in [0.1, 0.15) is 15.9 Å². The maximum Gasteiger partial charge on any atom is 0.198 e. The molecule has 0 heterocycles. The summed E-state index contributed by atoms with van der Waals surface area (Å²) < 4.78 is 27.3. The lowest BCUT2D eigenvalue weighted by Crippen LogP contribution is -2.06. The van der Waals surface area contributed by atoms with E-state index in [0.717, 1.165) is 0 Å². The lowest BCUT2D eigenvalue weighted by atomic mass is 10.0. The first-order valence-electron chi connectivity index (χ1n) is 4.84. The van der Waals surface area contributed by atoms with Gasteiger partial charge in [-0.15, -0.1) is 0 Å². The predicted molar refractivity (Wildman–Crippen MR) is 63.9 cm³/mol. The molecule has 1 nitrogen and oxygen atoms in total. The number of hydrogen-bond acceptors (Lipinski definition) is 1. The Morgan fingerprint density at radius 1 is 0.941 bits per heavy atom. The minimum atomic E-state index is -0.680. The maximum atomic E-state index is 13.7. The van der Waals surface area contributed by atoms with E-state index >= 15 is 0 Å². The zero-order valence-corrected chi connectivity index (χ0v) is 10.2. The maximum absolute atomic E-state index is 13.7. The van der Waals surface area contributed by atoms with Gasteiger partial charge in [-0.05, 0) is 40.2 Å². The van der Waals surface area contributed by atoms with Gasteiger partial charge in [-0.25, -0.2) is 8.78 Å². The summed E-state index contributed by atoms with van der Waals surface area (Å²) in [5.41, 5.74) is -0.283. The van der Waals surface area contributed by atoms with E-state index in [0.29, 0.717) is 0 Å². The second-order valence-electron chi connectivity index (χ2n) is 3.41. The fourth-order valence-electron chi connectivity index (χ4n) is 1.47. The van der Waals surface area contributed by atoms with Gasteiger partial charge in [0.25, 0.3) is 0 Å². The van der Waals surface area contributed by atoms with Crippen molar-refractivity contribution in [1.82, 2.24) is 0 Å². The van der Waals surface area contributed by atoms with E-state index in [9.17, 15) is 13.6 Å². The first-order valence-corrected chi connectivity index (χ1v) is 5.64. The van der Waals surface area contributed by atoms with Gasteiger partial charge in [-0.1, -0.05) is 18.2 Å². The van der Waals surface area contributed by atoms with Crippen molar-refractivity contribution in [2.75, 3.05) is 0 Å². The monoisotopic (exact) mass is 296 g/mol. The summed E-state index contributed by atoms with van der Waals surface area (Å²) in [6.45, 7) is 0. The highest BCUT2D eigenvalue weighted by molar-refractivity contribution is 9.10. The summed E-state index contributed by atoms with van der Waals surface area (Å²) in [6.07, 6.45) is 0. The van der Waals surface area contributed by atoms with E-state index in [1.807, 2.05) is 0 Å². The number of halogens is 3. The van der Waals surface area contributed by atoms with Crippen LogP contribution in [0.25, 0.3) is 0 Å². The fourth-order valence-corrected chi connectivity index (χ4v) is 1.84. The highest BCUT2D eigenvalue weighted by Gasteiger charge is 2.18. The molecule has 0 aliphatic heterocycles. The summed E-state index contributed by atoms with van der Waals surface area (Å²) in [5, 5.41) is 0. The van der Waals surface area contributed by atoms with E-state index in [2.05, 4.69) is 15.9 Å². The lowest BCUT2D eigenvalue weighted by Gasteiger charge is -2.04. The van der Waals surface area contributed by atoms with Gasteiger partial charge in [0.2, 0.25) is 0 Å². The van der Waals surface area contributed by atoms with Crippen molar-refractivity contribution in [3.05, 3.63) is 69.7 Å². The number of carbonyl (C=O) groups is 1. The molecular weight excluding hydrogens is 290 g/mol. The number of carbonyl (C=O) groups excluding carboxylic acids is 1. The SMILES string of the molecule is O=C(c1ccccc1F)c1cccc(Br)c1F. The molecule has 2 aromatic carbocycles. The second-order valence-corrected chi connectivity index (χ2v) is 4.26. The highest BCUT2D eigenvalue weighted by Crippen LogP contribution is 2.22. The zero-order chi connectivity index (χ0) is 12.4. The quantitative estimate of drug-likeness (QED) is 0.767. The van der Waals surface area contributed by atoms with Crippen molar-refractivity contribution in [2.45, 2.75) is 0 Å². The summed E-state index contributed by atoms with van der Waals surface area (Å²) in [4.78, 5) is 11.9. The molecule has 86 valence electrons. The van der Waals surface area contributed by atoms with Crippen LogP contribution in [0, 0.1) is 11.6 Å². The van der Waals surface area contributed by atoms with Gasteiger partial charge in [0.05, 0.1) is 15.6 Å². The normalized spacial score (nSPS) is 10.3. The van der Waals surface area contributed by atoms with E-state index in [1.165, 1.54) is 42.5 Å². The third-order valence-corrected chi connectivity index (χ3v) is 2.93. The van der Waals surface area contributed by atoms with Crippen LogP contribution < -0.4 is 0 Å². The lowest BCUT2D eigenvalue weighted by molar-refractivity contribution is 0.103. The molecular formula is C13H7BrF2O. The summed E-state index contributed by atoms with van der Waals surface area (Å²) >= 11 is 2.98. The standard InChI is InChI=1S/C13H7BrF2O/c14-10-6-3-5-9(12(10)16)13(17)8-4-1-2-7-11(8)15/h1-7H. The van der Waals surface area contributed by atoms with Gasteiger partial charge in [0, 0.05) is 0 Å². The van der Waals surface area contributed by atoms with Gasteiger partial charge in [-0.2, -0.15) is 0 Å². The van der Waals surface area contributed by atoms with Crippen LogP contribution in [-0.2, 0) is 0 Å². The molecule has 17 heavy (non-hydrogen) atoms. The molecule has 0 aliphatic rings. The number of benzene rings is 2. The van der Waals surface area contributed by atoms with Crippen LogP contribution in [0.15, 0.2) is 46.9 Å². The average molecular weight is 297 g/mol. The minimum absolute atomic E-state index is 0.135. The second kappa shape index (κ2) is 4.75. The van der Waals surface area contributed by atoms with Crippen molar-refractivity contribution in [3.8, 4) is 0 Å². The summed E-state index contributed by atoms with van der Waals surface area (Å²) in [5.74, 6) is -2.00. The Morgan fingerprint density at radius 2 is 1.59 bits per heavy atom. The highest BCUT2D eigenvalue weighted by atomic mass is 79.9. The average Bonchev–Trinajstić information content (AvgIpc) is 2.32. The van der Waals surface area contributed by atoms with E-state index in [-0.39, 0.29) is 15.6 Å². The molecule has 2 rings (SSSR count). The zero-order valence-electron chi connectivity index (χ0n) is 8.58. The molecule has 0 aliphatic carbocycles. The van der Waals surface area contributed by atoms with Crippen molar-refractivity contribution in [2.24, 2.45) is 0 Å². The summed E-state index contributed by atoms with van der Waals surface area (Å²) in [6, 6.07) is 9.85. The van der Waals surface area contributed by atoms with E-state index in [4.69, 9.17) is 0 Å². The van der Waals surface area contributed by atoms with Crippen molar-refractivity contribution in [3.63, 3.8) is 0 Å². The third kappa shape index (κ3) is 2.26. The Labute approximate surface area is 105 Å². The molecule has 0 N–H and O–H groups in total. The topological polar surface area (TPSA) is 17.1 Å². The molecule has 0 spiro atoms. The Hall–Kier alpha value is -1.55. The van der Waals surface area contributed by atoms with Gasteiger partial charge in [0.1, 0.15) is 11.6 Å². The van der Waals surface area contributed by atoms with Crippen LogP contribution in [-0.4, -0.2) is 5.78 Å². The predicted octanol–water partition coefficient (Wildman–Crippen LogP) is 3.96. The van der Waals surface area contributed by atoms with Crippen molar-refractivity contribution < 1.29 is 13.6 Å². The van der Waals surface area contributed by atoms with Crippen LogP contribution in [0.3, 0.4) is 0 Å². The first kappa shape index (κ1) is 11.9. The van der Waals surface area contributed by atoms with E-state index < -0.39 is 17.4 Å². The smallest absolute Gasteiger partial charge is 0.198 e. The molecule has 0 fully saturated rings. The fraction of sp³-hybridized carbons (Fsp3) is 0. The van der Waals surface area contributed by atoms with Crippen molar-refractivity contribution in [1.29, 1.82) is 0 Å².